The largest absolute Gasteiger partial charge is 0.356 e. The summed E-state index contributed by atoms with van der Waals surface area (Å²) >= 11 is 0. The topological polar surface area (TPSA) is 56.3 Å². The van der Waals surface area contributed by atoms with Crippen LogP contribution in [0.3, 0.4) is 0 Å². The molecule has 2 aromatic carbocycles. The van der Waals surface area contributed by atoms with Crippen molar-refractivity contribution in [1.29, 1.82) is 0 Å². The monoisotopic (exact) mass is 511 g/mol. The second-order valence-electron chi connectivity index (χ2n) is 6.43. The van der Waals surface area contributed by atoms with Crippen molar-refractivity contribution in [2.24, 2.45) is 4.99 Å². The number of benzene rings is 2. The van der Waals surface area contributed by atoms with Gasteiger partial charge in [0.2, 0.25) is 0 Å². The Balaban J connectivity index is 0.00000300. The molecule has 3 aromatic rings. The fourth-order valence-corrected chi connectivity index (χ4v) is 2.94. The third-order valence-corrected chi connectivity index (χ3v) is 4.36. The number of nitrogens with zero attached hydrogens (tertiary/aromatic N) is 3. The fraction of sp³-hybridized carbons (Fsp3) is 0.238. The fourth-order valence-electron chi connectivity index (χ4n) is 2.94. The van der Waals surface area contributed by atoms with Crippen LogP contribution in [0.4, 0.5) is 8.78 Å². The maximum absolute atomic E-state index is 13.7. The molecule has 1 aromatic heterocycles. The molecule has 5 nitrogen and oxygen atoms in total. The zero-order valence-corrected chi connectivity index (χ0v) is 18.7. The molecule has 2 N–H and O–H groups in total. The summed E-state index contributed by atoms with van der Waals surface area (Å²) in [4.78, 5) is 13.9. The third-order valence-electron chi connectivity index (χ3n) is 4.36. The highest BCUT2D eigenvalue weighted by molar-refractivity contribution is 14.0. The molecule has 0 bridgehead atoms. The zero-order valence-electron chi connectivity index (χ0n) is 16.3. The van der Waals surface area contributed by atoms with Gasteiger partial charge in [-0.25, -0.2) is 13.8 Å². The lowest BCUT2D eigenvalue weighted by Crippen LogP contribution is -2.39. The highest BCUT2D eigenvalue weighted by Gasteiger charge is 2.10. The molecule has 0 aliphatic carbocycles. The first-order valence-corrected chi connectivity index (χ1v) is 9.02. The van der Waals surface area contributed by atoms with Crippen LogP contribution in [0, 0.1) is 11.6 Å². The maximum atomic E-state index is 13.7. The lowest BCUT2D eigenvalue weighted by molar-refractivity contribution is 0.464. The van der Waals surface area contributed by atoms with Crippen LogP contribution in [0.15, 0.2) is 59.7 Å². The SMILES string of the molecule is CN=C(NCCc1cc(F)ccc1F)N(C)Cc1ncc(-c2ccccc2)[nH]1.I. The molecule has 1 heterocycles. The number of halogens is 3. The number of imidazole rings is 1. The molecule has 154 valence electrons. The Hall–Kier alpha value is -2.49. The van der Waals surface area contributed by atoms with E-state index in [4.69, 9.17) is 0 Å². The van der Waals surface area contributed by atoms with Gasteiger partial charge < -0.3 is 15.2 Å². The number of aromatic amines is 1. The molecule has 0 atom stereocenters. The summed E-state index contributed by atoms with van der Waals surface area (Å²) in [6.07, 6.45) is 2.16. The molecule has 0 radical (unpaired) electrons. The second kappa shape index (κ2) is 10.9. The van der Waals surface area contributed by atoms with E-state index in [-0.39, 0.29) is 24.0 Å². The van der Waals surface area contributed by atoms with E-state index in [1.165, 1.54) is 6.07 Å². The molecule has 3 rings (SSSR count). The van der Waals surface area contributed by atoms with Gasteiger partial charge in [-0.1, -0.05) is 30.3 Å². The molecule has 0 aliphatic rings. The summed E-state index contributed by atoms with van der Waals surface area (Å²) in [5, 5.41) is 3.17. The molecular formula is C21H24F2IN5. The van der Waals surface area contributed by atoms with Gasteiger partial charge in [0.1, 0.15) is 17.5 Å². The molecule has 0 saturated carbocycles. The summed E-state index contributed by atoms with van der Waals surface area (Å²) < 4.78 is 27.0. The van der Waals surface area contributed by atoms with Crippen LogP contribution >= 0.6 is 24.0 Å². The number of hydrogen-bond donors (Lipinski definition) is 2. The van der Waals surface area contributed by atoms with Crippen molar-refractivity contribution in [2.45, 2.75) is 13.0 Å². The second-order valence-corrected chi connectivity index (χ2v) is 6.43. The average molecular weight is 511 g/mol. The van der Waals surface area contributed by atoms with Crippen LogP contribution in [0.1, 0.15) is 11.4 Å². The number of aromatic nitrogens is 2. The Morgan fingerprint density at radius 3 is 2.66 bits per heavy atom. The lowest BCUT2D eigenvalue weighted by Gasteiger charge is -2.21. The molecule has 0 saturated heterocycles. The number of rotatable bonds is 6. The van der Waals surface area contributed by atoms with Gasteiger partial charge in [0.05, 0.1) is 18.4 Å². The number of H-pyrrole nitrogens is 1. The van der Waals surface area contributed by atoms with E-state index in [1.54, 1.807) is 13.2 Å². The molecule has 29 heavy (non-hydrogen) atoms. The Kier molecular flexibility index (Phi) is 8.56. The smallest absolute Gasteiger partial charge is 0.193 e. The molecule has 8 heteroatoms. The highest BCUT2D eigenvalue weighted by atomic mass is 127. The number of aliphatic imine (C=N–C) groups is 1. The quantitative estimate of drug-likeness (QED) is 0.296. The van der Waals surface area contributed by atoms with Crippen LogP contribution in [-0.4, -0.2) is 41.5 Å². The summed E-state index contributed by atoms with van der Waals surface area (Å²) in [7, 11) is 3.57. The molecule has 0 amide bonds. The maximum Gasteiger partial charge on any atom is 0.193 e. The van der Waals surface area contributed by atoms with Gasteiger partial charge in [0, 0.05) is 20.6 Å². The minimum atomic E-state index is -0.440. The Bertz CT molecular complexity index is 943. The zero-order chi connectivity index (χ0) is 19.9. The van der Waals surface area contributed by atoms with Crippen molar-refractivity contribution < 1.29 is 8.78 Å². The summed E-state index contributed by atoms with van der Waals surface area (Å²) in [5.74, 6) is 0.607. The third kappa shape index (κ3) is 6.25. The van der Waals surface area contributed by atoms with Gasteiger partial charge in [-0.15, -0.1) is 24.0 Å². The van der Waals surface area contributed by atoms with Crippen LogP contribution in [0.5, 0.6) is 0 Å². The predicted molar refractivity (Wildman–Crippen MR) is 122 cm³/mol. The van der Waals surface area contributed by atoms with Gasteiger partial charge >= 0.3 is 0 Å². The van der Waals surface area contributed by atoms with Crippen molar-refractivity contribution in [3.05, 3.63) is 77.8 Å². The standard InChI is InChI=1S/C21H23F2N5.HI/c1-24-21(25-11-10-16-12-17(22)8-9-18(16)23)28(2)14-20-26-13-19(27-20)15-6-4-3-5-7-15;/h3-9,12-13H,10-11,14H2,1-2H3,(H,24,25)(H,26,27);1H. The van der Waals surface area contributed by atoms with Crippen molar-refractivity contribution in [3.8, 4) is 11.3 Å². The van der Waals surface area contributed by atoms with Crippen molar-refractivity contribution in [2.75, 3.05) is 20.6 Å². The molecular weight excluding hydrogens is 487 g/mol. The van der Waals surface area contributed by atoms with Gasteiger partial charge in [-0.2, -0.15) is 0 Å². The molecule has 0 fully saturated rings. The van der Waals surface area contributed by atoms with E-state index in [0.29, 0.717) is 31.0 Å². The van der Waals surface area contributed by atoms with E-state index in [0.717, 1.165) is 29.2 Å². The first-order valence-electron chi connectivity index (χ1n) is 9.02. The van der Waals surface area contributed by atoms with Crippen molar-refractivity contribution in [3.63, 3.8) is 0 Å². The predicted octanol–water partition coefficient (Wildman–Crippen LogP) is 4.22. The van der Waals surface area contributed by atoms with Gasteiger partial charge in [0.15, 0.2) is 5.96 Å². The summed E-state index contributed by atoms with van der Waals surface area (Å²) in [6.45, 7) is 0.964. The molecule has 0 unspecified atom stereocenters. The van der Waals surface area contributed by atoms with Gasteiger partial charge in [-0.05, 0) is 35.7 Å². The summed E-state index contributed by atoms with van der Waals surface area (Å²) in [6, 6.07) is 13.5. The van der Waals surface area contributed by atoms with Crippen LogP contribution in [0.2, 0.25) is 0 Å². The Morgan fingerprint density at radius 1 is 1.17 bits per heavy atom. The first kappa shape index (κ1) is 22.8. The number of hydrogen-bond acceptors (Lipinski definition) is 2. The van der Waals surface area contributed by atoms with E-state index in [9.17, 15) is 8.78 Å². The minimum Gasteiger partial charge on any atom is -0.356 e. The van der Waals surface area contributed by atoms with Gasteiger partial charge in [-0.3, -0.25) is 4.99 Å². The Labute approximate surface area is 186 Å². The molecule has 0 spiro atoms. The number of guanidine groups is 1. The van der Waals surface area contributed by atoms with Gasteiger partial charge in [0.25, 0.3) is 0 Å². The highest BCUT2D eigenvalue weighted by Crippen LogP contribution is 2.16. The van der Waals surface area contributed by atoms with Crippen molar-refractivity contribution in [1.82, 2.24) is 20.2 Å². The first-order chi connectivity index (χ1) is 13.6. The summed E-state index contributed by atoms with van der Waals surface area (Å²) in [5.41, 5.74) is 2.36. The number of nitrogens with one attached hydrogen (secondary N) is 2. The van der Waals surface area contributed by atoms with E-state index < -0.39 is 11.6 Å². The normalized spacial score (nSPS) is 11.1. The lowest BCUT2D eigenvalue weighted by atomic mass is 10.1. The van der Waals surface area contributed by atoms with Crippen LogP contribution < -0.4 is 5.32 Å². The van der Waals surface area contributed by atoms with Crippen molar-refractivity contribution >= 4 is 29.9 Å². The average Bonchev–Trinajstić information content (AvgIpc) is 3.17. The van der Waals surface area contributed by atoms with Crippen LogP contribution in [0.25, 0.3) is 11.3 Å². The van der Waals surface area contributed by atoms with Crippen LogP contribution in [-0.2, 0) is 13.0 Å². The van der Waals surface area contributed by atoms with E-state index >= 15 is 0 Å². The molecule has 0 aliphatic heterocycles. The van der Waals surface area contributed by atoms with E-state index in [2.05, 4.69) is 20.3 Å². The Morgan fingerprint density at radius 2 is 1.93 bits per heavy atom. The minimum absolute atomic E-state index is 0. The van der Waals surface area contributed by atoms with E-state index in [1.807, 2.05) is 42.3 Å².